The molecule has 0 aliphatic carbocycles. The second-order valence-corrected chi connectivity index (χ2v) is 2.97. The third-order valence-electron chi connectivity index (χ3n) is 1.84. The highest BCUT2D eigenvalue weighted by molar-refractivity contribution is 5.83. The van der Waals surface area contributed by atoms with Crippen molar-refractivity contribution in [2.75, 3.05) is 6.61 Å². The van der Waals surface area contributed by atoms with E-state index in [9.17, 15) is 4.79 Å². The van der Waals surface area contributed by atoms with Crippen LogP contribution in [0, 0.1) is 0 Å². The van der Waals surface area contributed by atoms with Crippen molar-refractivity contribution in [3.05, 3.63) is 0 Å². The summed E-state index contributed by atoms with van der Waals surface area (Å²) in [5, 5.41) is 53.3. The van der Waals surface area contributed by atoms with Crippen LogP contribution in [0.1, 0.15) is 6.92 Å². The minimum absolute atomic E-state index is 0.793. The lowest BCUT2D eigenvalue weighted by molar-refractivity contribution is -0.245. The fourth-order valence-electron chi connectivity index (χ4n) is 0.765. The van der Waals surface area contributed by atoms with Crippen molar-refractivity contribution in [3.8, 4) is 0 Å². The van der Waals surface area contributed by atoms with E-state index in [1.807, 2.05) is 0 Å². The first-order chi connectivity index (χ1) is 6.25. The van der Waals surface area contributed by atoms with Crippen LogP contribution in [0.4, 0.5) is 0 Å². The quantitative estimate of drug-likeness (QED) is 0.257. The molecule has 0 rings (SSSR count). The molecular weight excluding hydrogens is 196 g/mol. The van der Waals surface area contributed by atoms with E-state index in [0.717, 1.165) is 6.92 Å². The Kier molecular flexibility index (Phi) is 4.59. The first-order valence-electron chi connectivity index (χ1n) is 3.86. The molecule has 0 bridgehead atoms. The van der Waals surface area contributed by atoms with E-state index in [-0.39, 0.29) is 0 Å². The average molecular weight is 210 g/mol. The lowest BCUT2D eigenvalue weighted by Crippen LogP contribution is -2.57. The average Bonchev–Trinajstić information content (AvgIpc) is 2.13. The Labute approximate surface area is 79.9 Å². The van der Waals surface area contributed by atoms with Gasteiger partial charge in [0, 0.05) is 6.92 Å². The summed E-state index contributed by atoms with van der Waals surface area (Å²) in [7, 11) is 0. The van der Waals surface area contributed by atoms with Crippen LogP contribution in [-0.2, 0) is 4.79 Å². The molecule has 3 atom stereocenters. The largest absolute Gasteiger partial charge is 0.394 e. The summed E-state index contributed by atoms with van der Waals surface area (Å²) in [5.74, 6) is -4.33. The highest BCUT2D eigenvalue weighted by Gasteiger charge is 2.44. The summed E-state index contributed by atoms with van der Waals surface area (Å²) < 4.78 is 0. The number of rotatable bonds is 5. The third kappa shape index (κ3) is 2.71. The summed E-state index contributed by atoms with van der Waals surface area (Å²) in [5.41, 5.74) is 0. The first kappa shape index (κ1) is 13.4. The van der Waals surface area contributed by atoms with Gasteiger partial charge in [0.2, 0.25) is 0 Å². The number of carbonyl (C=O) groups is 1. The minimum Gasteiger partial charge on any atom is -0.394 e. The van der Waals surface area contributed by atoms with Gasteiger partial charge in [-0.1, -0.05) is 0 Å². The van der Waals surface area contributed by atoms with Crippen LogP contribution >= 0.6 is 0 Å². The van der Waals surface area contributed by atoms with Crippen molar-refractivity contribution in [3.63, 3.8) is 0 Å². The van der Waals surface area contributed by atoms with Crippen molar-refractivity contribution in [2.45, 2.75) is 31.0 Å². The van der Waals surface area contributed by atoms with Gasteiger partial charge in [0.1, 0.15) is 18.3 Å². The number of carbonyl (C=O) groups excluding carboxylic acids is 1. The molecule has 0 aromatic rings. The maximum atomic E-state index is 10.6. The molecule has 6 N–H and O–H groups in total. The number of aliphatic hydroxyl groups excluding tert-OH is 4. The smallest absolute Gasteiger partial charge is 0.253 e. The lowest BCUT2D eigenvalue weighted by Gasteiger charge is -2.30. The van der Waals surface area contributed by atoms with E-state index in [0.29, 0.717) is 0 Å². The predicted octanol–water partition coefficient (Wildman–Crippen LogP) is -3.67. The van der Waals surface area contributed by atoms with E-state index >= 15 is 0 Å². The van der Waals surface area contributed by atoms with Gasteiger partial charge in [-0.25, -0.2) is 0 Å². The second kappa shape index (κ2) is 4.78. The summed E-state index contributed by atoms with van der Waals surface area (Å²) in [4.78, 5) is 10.6. The molecule has 0 aliphatic heterocycles. The van der Waals surface area contributed by atoms with Crippen LogP contribution in [0.5, 0.6) is 0 Å². The zero-order valence-corrected chi connectivity index (χ0v) is 7.53. The van der Waals surface area contributed by atoms with E-state index < -0.39 is 36.5 Å². The molecule has 0 aliphatic rings. The van der Waals surface area contributed by atoms with Gasteiger partial charge in [-0.05, 0) is 0 Å². The zero-order chi connectivity index (χ0) is 11.5. The molecule has 0 fully saturated rings. The van der Waals surface area contributed by atoms with Crippen molar-refractivity contribution in [1.82, 2.24) is 0 Å². The molecule has 84 valence electrons. The van der Waals surface area contributed by atoms with Gasteiger partial charge in [0.05, 0.1) is 6.61 Å². The molecule has 0 saturated carbocycles. The molecule has 0 amide bonds. The van der Waals surface area contributed by atoms with Crippen LogP contribution in [0.2, 0.25) is 0 Å². The molecule has 0 radical (unpaired) electrons. The SMILES string of the molecule is CC(=O)C(O)(O)[C@@H](O)[C@H](O)[C@H](O)CO. The fraction of sp³-hybridized carbons (Fsp3) is 0.857. The summed E-state index contributed by atoms with van der Waals surface area (Å²) in [6.45, 7) is -0.0898. The summed E-state index contributed by atoms with van der Waals surface area (Å²) in [6.07, 6.45) is -6.08. The van der Waals surface area contributed by atoms with Crippen LogP contribution in [0.25, 0.3) is 0 Å². The van der Waals surface area contributed by atoms with Gasteiger partial charge >= 0.3 is 0 Å². The fourth-order valence-corrected chi connectivity index (χ4v) is 0.765. The number of Topliss-reactive ketones (excluding diaryl/α,β-unsaturated/α-hetero) is 1. The summed E-state index contributed by atoms with van der Waals surface area (Å²) >= 11 is 0. The van der Waals surface area contributed by atoms with Gasteiger partial charge in [-0.2, -0.15) is 0 Å². The highest BCUT2D eigenvalue weighted by atomic mass is 16.5. The number of ketones is 1. The van der Waals surface area contributed by atoms with Crippen molar-refractivity contribution < 1.29 is 35.4 Å². The van der Waals surface area contributed by atoms with Crippen LogP contribution < -0.4 is 0 Å². The standard InChI is InChI=1S/C7H14O7/c1-3(9)7(13,14)6(12)5(11)4(10)2-8/h4-6,8,10-14H,2H2,1H3/t4-,5-,6+/m1/s1. The Bertz CT molecular complexity index is 202. The molecule has 0 saturated heterocycles. The van der Waals surface area contributed by atoms with E-state index in [4.69, 9.17) is 30.6 Å². The van der Waals surface area contributed by atoms with Crippen LogP contribution in [0.15, 0.2) is 0 Å². The molecule has 0 aromatic carbocycles. The number of aliphatic hydroxyl groups is 6. The zero-order valence-electron chi connectivity index (χ0n) is 7.53. The normalized spacial score (nSPS) is 18.8. The summed E-state index contributed by atoms with van der Waals surface area (Å²) in [6, 6.07) is 0. The number of hydrogen-bond donors (Lipinski definition) is 6. The minimum atomic E-state index is -3.14. The molecule has 7 nitrogen and oxygen atoms in total. The molecule has 0 spiro atoms. The Morgan fingerprint density at radius 1 is 1.29 bits per heavy atom. The van der Waals surface area contributed by atoms with E-state index in [2.05, 4.69) is 0 Å². The van der Waals surface area contributed by atoms with Crippen LogP contribution in [-0.4, -0.2) is 67.1 Å². The molecule has 0 unspecified atom stereocenters. The molecule has 14 heavy (non-hydrogen) atoms. The monoisotopic (exact) mass is 210 g/mol. The Balaban J connectivity index is 4.60. The predicted molar refractivity (Wildman–Crippen MR) is 43.0 cm³/mol. The molecule has 0 heterocycles. The van der Waals surface area contributed by atoms with Crippen molar-refractivity contribution in [1.29, 1.82) is 0 Å². The highest BCUT2D eigenvalue weighted by Crippen LogP contribution is 2.14. The Morgan fingerprint density at radius 2 is 1.71 bits per heavy atom. The van der Waals surface area contributed by atoms with Gasteiger partial charge in [-0.15, -0.1) is 0 Å². The molecule has 0 aromatic heterocycles. The maximum absolute atomic E-state index is 10.6. The lowest BCUT2D eigenvalue weighted by atomic mass is 9.98. The molecular formula is C7H14O7. The van der Waals surface area contributed by atoms with Gasteiger partial charge in [-0.3, -0.25) is 4.79 Å². The second-order valence-electron chi connectivity index (χ2n) is 2.97. The molecule has 7 heteroatoms. The Morgan fingerprint density at radius 3 is 2.00 bits per heavy atom. The van der Waals surface area contributed by atoms with Gasteiger partial charge in [0.25, 0.3) is 5.79 Å². The van der Waals surface area contributed by atoms with Crippen molar-refractivity contribution in [2.24, 2.45) is 0 Å². The third-order valence-corrected chi connectivity index (χ3v) is 1.84. The van der Waals surface area contributed by atoms with Gasteiger partial charge < -0.3 is 30.6 Å². The van der Waals surface area contributed by atoms with Crippen molar-refractivity contribution >= 4 is 5.78 Å². The van der Waals surface area contributed by atoms with Crippen LogP contribution in [0.3, 0.4) is 0 Å². The van der Waals surface area contributed by atoms with Gasteiger partial charge in [0.15, 0.2) is 5.78 Å². The van der Waals surface area contributed by atoms with E-state index in [1.165, 1.54) is 0 Å². The Hall–Kier alpha value is -0.570. The maximum Gasteiger partial charge on any atom is 0.253 e. The first-order valence-corrected chi connectivity index (χ1v) is 3.86. The number of hydrogen-bond acceptors (Lipinski definition) is 7. The van der Waals surface area contributed by atoms with E-state index in [1.54, 1.807) is 0 Å². The topological polar surface area (TPSA) is 138 Å².